The van der Waals surface area contributed by atoms with Gasteiger partial charge in [-0.25, -0.2) is 0 Å². The van der Waals surface area contributed by atoms with Crippen molar-refractivity contribution in [3.63, 3.8) is 0 Å². The third-order valence-corrected chi connectivity index (χ3v) is 3.07. The summed E-state index contributed by atoms with van der Waals surface area (Å²) >= 11 is 6.01. The third-order valence-electron chi connectivity index (χ3n) is 2.78. The molecule has 1 aromatic rings. The van der Waals surface area contributed by atoms with E-state index >= 15 is 0 Å². The van der Waals surface area contributed by atoms with E-state index in [2.05, 4.69) is 10.1 Å². The second-order valence-corrected chi connectivity index (χ2v) is 4.97. The van der Waals surface area contributed by atoms with Crippen molar-refractivity contribution in [2.75, 3.05) is 13.2 Å². The molecule has 112 valence electrons. The molecular formula is C13H15ClF3NO2. The van der Waals surface area contributed by atoms with Crippen LogP contribution in [0.5, 0.6) is 5.75 Å². The van der Waals surface area contributed by atoms with Crippen LogP contribution in [0.1, 0.15) is 18.4 Å². The Morgan fingerprint density at radius 3 is 2.60 bits per heavy atom. The zero-order valence-electron chi connectivity index (χ0n) is 10.7. The number of benzene rings is 1. The van der Waals surface area contributed by atoms with E-state index in [9.17, 15) is 13.2 Å². The number of ether oxygens (including phenoxy) is 2. The van der Waals surface area contributed by atoms with Gasteiger partial charge in [-0.3, -0.25) is 4.74 Å². The van der Waals surface area contributed by atoms with Gasteiger partial charge < -0.3 is 10.1 Å². The van der Waals surface area contributed by atoms with Gasteiger partial charge in [0.1, 0.15) is 12.4 Å². The van der Waals surface area contributed by atoms with Gasteiger partial charge in [0.25, 0.3) is 0 Å². The van der Waals surface area contributed by atoms with Crippen molar-refractivity contribution in [1.82, 2.24) is 5.32 Å². The van der Waals surface area contributed by atoms with Crippen molar-refractivity contribution in [3.05, 3.63) is 28.8 Å². The van der Waals surface area contributed by atoms with E-state index in [-0.39, 0.29) is 6.61 Å². The maximum atomic E-state index is 11.8. The molecule has 0 atom stereocenters. The van der Waals surface area contributed by atoms with E-state index in [4.69, 9.17) is 16.3 Å². The molecule has 0 bridgehead atoms. The number of halogens is 4. The lowest BCUT2D eigenvalue weighted by Gasteiger charge is -2.11. The molecule has 1 fully saturated rings. The highest BCUT2D eigenvalue weighted by atomic mass is 35.5. The minimum absolute atomic E-state index is 0.209. The smallest absolute Gasteiger partial charge is 0.490 e. The van der Waals surface area contributed by atoms with E-state index < -0.39 is 13.0 Å². The van der Waals surface area contributed by atoms with Crippen molar-refractivity contribution in [2.24, 2.45) is 0 Å². The average Bonchev–Trinajstić information content (AvgIpc) is 3.17. The first-order valence-electron chi connectivity index (χ1n) is 6.29. The second-order valence-electron chi connectivity index (χ2n) is 4.56. The highest BCUT2D eigenvalue weighted by Gasteiger charge is 2.28. The molecule has 3 nitrogen and oxygen atoms in total. The van der Waals surface area contributed by atoms with Gasteiger partial charge in [0, 0.05) is 12.6 Å². The summed E-state index contributed by atoms with van der Waals surface area (Å²) in [5.74, 6) is 0.354. The highest BCUT2D eigenvalue weighted by molar-refractivity contribution is 6.32. The molecule has 0 heterocycles. The molecule has 1 saturated carbocycles. The molecule has 7 heteroatoms. The van der Waals surface area contributed by atoms with Crippen LogP contribution in [0.4, 0.5) is 13.2 Å². The molecular weight excluding hydrogens is 295 g/mol. The maximum Gasteiger partial charge on any atom is 0.522 e. The number of nitrogens with one attached hydrogen (secondary N) is 1. The Bertz CT molecular complexity index is 450. The summed E-state index contributed by atoms with van der Waals surface area (Å²) < 4.78 is 44.0. The molecule has 2 rings (SSSR count). The Morgan fingerprint density at radius 2 is 2.00 bits per heavy atom. The van der Waals surface area contributed by atoms with Gasteiger partial charge in [0.2, 0.25) is 0 Å². The molecule has 0 unspecified atom stereocenters. The summed E-state index contributed by atoms with van der Waals surface area (Å²) in [6.45, 7) is -0.0500. The Balaban J connectivity index is 1.76. The van der Waals surface area contributed by atoms with E-state index in [1.807, 2.05) is 6.07 Å². The van der Waals surface area contributed by atoms with Gasteiger partial charge >= 0.3 is 6.36 Å². The SMILES string of the molecule is FC(F)(F)OCCOc1ccc(CNC2CC2)cc1Cl. The minimum atomic E-state index is -4.63. The Hall–Kier alpha value is -0.980. The van der Waals surface area contributed by atoms with E-state index in [1.54, 1.807) is 12.1 Å². The first-order chi connectivity index (χ1) is 9.44. The zero-order chi connectivity index (χ0) is 14.6. The summed E-state index contributed by atoms with van der Waals surface area (Å²) in [5.41, 5.74) is 1.01. The van der Waals surface area contributed by atoms with Crippen LogP contribution in [0.3, 0.4) is 0 Å². The topological polar surface area (TPSA) is 30.5 Å². The summed E-state index contributed by atoms with van der Waals surface area (Å²) in [4.78, 5) is 0. The van der Waals surface area contributed by atoms with Crippen LogP contribution in [-0.4, -0.2) is 25.6 Å². The van der Waals surface area contributed by atoms with Crippen LogP contribution < -0.4 is 10.1 Å². The summed E-state index contributed by atoms with van der Waals surface area (Å²) in [5, 5.41) is 3.73. The Labute approximate surface area is 120 Å². The highest BCUT2D eigenvalue weighted by Crippen LogP contribution is 2.26. The number of hydrogen-bond donors (Lipinski definition) is 1. The van der Waals surface area contributed by atoms with Gasteiger partial charge in [-0.15, -0.1) is 13.2 Å². The fourth-order valence-electron chi connectivity index (χ4n) is 1.63. The minimum Gasteiger partial charge on any atom is -0.490 e. The van der Waals surface area contributed by atoms with Crippen molar-refractivity contribution in [1.29, 1.82) is 0 Å². The molecule has 20 heavy (non-hydrogen) atoms. The predicted octanol–water partition coefficient (Wildman–Crippen LogP) is 3.51. The fraction of sp³-hybridized carbons (Fsp3) is 0.538. The molecule has 1 aliphatic rings. The van der Waals surface area contributed by atoms with Gasteiger partial charge in [-0.05, 0) is 30.5 Å². The fourth-order valence-corrected chi connectivity index (χ4v) is 1.89. The van der Waals surface area contributed by atoms with Gasteiger partial charge in [-0.1, -0.05) is 17.7 Å². The molecule has 0 aliphatic heterocycles. The number of alkyl halides is 3. The quantitative estimate of drug-likeness (QED) is 0.782. The second kappa shape index (κ2) is 6.65. The number of rotatable bonds is 7. The van der Waals surface area contributed by atoms with Crippen LogP contribution in [0.15, 0.2) is 18.2 Å². The molecule has 0 spiro atoms. The van der Waals surface area contributed by atoms with Crippen LogP contribution in [0, 0.1) is 0 Å². The van der Waals surface area contributed by atoms with E-state index in [1.165, 1.54) is 12.8 Å². The van der Waals surface area contributed by atoms with Crippen molar-refractivity contribution < 1.29 is 22.6 Å². The lowest BCUT2D eigenvalue weighted by Crippen LogP contribution is -2.18. The molecule has 0 radical (unpaired) electrons. The van der Waals surface area contributed by atoms with Crippen LogP contribution in [0.2, 0.25) is 5.02 Å². The van der Waals surface area contributed by atoms with Crippen molar-refractivity contribution >= 4 is 11.6 Å². The average molecular weight is 310 g/mol. The summed E-state index contributed by atoms with van der Waals surface area (Å²) in [7, 11) is 0. The normalized spacial score (nSPS) is 15.4. The molecule has 0 amide bonds. The van der Waals surface area contributed by atoms with E-state index in [0.29, 0.717) is 16.8 Å². The zero-order valence-corrected chi connectivity index (χ0v) is 11.4. The molecule has 1 aromatic carbocycles. The van der Waals surface area contributed by atoms with Crippen molar-refractivity contribution in [2.45, 2.75) is 31.8 Å². The predicted molar refractivity (Wildman–Crippen MR) is 68.8 cm³/mol. The lowest BCUT2D eigenvalue weighted by atomic mass is 10.2. The van der Waals surface area contributed by atoms with Crippen molar-refractivity contribution in [3.8, 4) is 5.75 Å². The number of hydrogen-bond acceptors (Lipinski definition) is 3. The first kappa shape index (κ1) is 15.4. The molecule has 0 saturated heterocycles. The van der Waals surface area contributed by atoms with Gasteiger partial charge in [-0.2, -0.15) is 0 Å². The Kier molecular flexibility index (Phi) is 5.12. The third kappa shape index (κ3) is 5.56. The first-order valence-corrected chi connectivity index (χ1v) is 6.67. The van der Waals surface area contributed by atoms with Crippen LogP contribution >= 0.6 is 11.6 Å². The summed E-state index contributed by atoms with van der Waals surface area (Å²) in [6.07, 6.45) is -2.23. The summed E-state index contributed by atoms with van der Waals surface area (Å²) in [6, 6.07) is 5.84. The maximum absolute atomic E-state index is 11.8. The largest absolute Gasteiger partial charge is 0.522 e. The lowest BCUT2D eigenvalue weighted by molar-refractivity contribution is -0.325. The molecule has 1 N–H and O–H groups in total. The molecule has 1 aliphatic carbocycles. The monoisotopic (exact) mass is 309 g/mol. The Morgan fingerprint density at radius 1 is 1.25 bits per heavy atom. The standard InChI is InChI=1S/C13H15ClF3NO2/c14-11-7-9(8-18-10-2-3-10)1-4-12(11)19-5-6-20-13(15,16)17/h1,4,7,10,18H,2-3,5-6,8H2. The van der Waals surface area contributed by atoms with Crippen LogP contribution in [0.25, 0.3) is 0 Å². The van der Waals surface area contributed by atoms with Gasteiger partial charge in [0.05, 0.1) is 11.6 Å². The van der Waals surface area contributed by atoms with Crippen LogP contribution in [-0.2, 0) is 11.3 Å². The van der Waals surface area contributed by atoms with Gasteiger partial charge in [0.15, 0.2) is 0 Å². The van der Waals surface area contributed by atoms with E-state index in [0.717, 1.165) is 12.1 Å². The molecule has 0 aromatic heterocycles.